The van der Waals surface area contributed by atoms with Gasteiger partial charge in [0.2, 0.25) is 0 Å². The van der Waals surface area contributed by atoms with Crippen LogP contribution in [0.5, 0.6) is 5.75 Å². The first kappa shape index (κ1) is 15.5. The molecule has 7 heteroatoms. The van der Waals surface area contributed by atoms with E-state index in [1.54, 1.807) is 29.8 Å². The summed E-state index contributed by atoms with van der Waals surface area (Å²) in [5.41, 5.74) is 8.13. The molecule has 0 spiro atoms. The van der Waals surface area contributed by atoms with Crippen LogP contribution in [-0.4, -0.2) is 22.4 Å². The molecule has 1 aromatic carbocycles. The summed E-state index contributed by atoms with van der Waals surface area (Å²) in [7, 11) is 1.55. The Labute approximate surface area is 141 Å². The summed E-state index contributed by atoms with van der Waals surface area (Å²) in [6.07, 6.45) is 1.68. The van der Waals surface area contributed by atoms with Crippen molar-refractivity contribution in [2.45, 2.75) is 6.54 Å². The zero-order chi connectivity index (χ0) is 16.4. The van der Waals surface area contributed by atoms with Crippen molar-refractivity contribution in [2.24, 2.45) is 5.73 Å². The van der Waals surface area contributed by atoms with Crippen LogP contribution < -0.4 is 15.8 Å². The van der Waals surface area contributed by atoms with Gasteiger partial charge in [-0.2, -0.15) is 0 Å². The van der Waals surface area contributed by atoms with Crippen molar-refractivity contribution in [3.05, 3.63) is 58.5 Å². The van der Waals surface area contributed by atoms with Crippen LogP contribution in [0.2, 0.25) is 0 Å². The van der Waals surface area contributed by atoms with Crippen molar-refractivity contribution in [1.29, 1.82) is 0 Å². The molecule has 3 rings (SSSR count). The Bertz CT molecular complexity index is 876. The number of anilines is 1. The molecule has 0 aliphatic carbocycles. The highest BCUT2D eigenvalue weighted by molar-refractivity contribution is 9.10. The third kappa shape index (κ3) is 3.06. The highest BCUT2D eigenvalue weighted by Gasteiger charge is 2.14. The average Bonchev–Trinajstić information content (AvgIpc) is 3.01. The van der Waals surface area contributed by atoms with Crippen molar-refractivity contribution >= 4 is 33.2 Å². The number of nitrogens with two attached hydrogens (primary N) is 1. The Morgan fingerprint density at radius 1 is 1.39 bits per heavy atom. The predicted molar refractivity (Wildman–Crippen MR) is 91.7 cm³/mol. The molecule has 0 fully saturated rings. The Morgan fingerprint density at radius 2 is 2.22 bits per heavy atom. The van der Waals surface area contributed by atoms with Crippen molar-refractivity contribution in [2.75, 3.05) is 12.4 Å². The van der Waals surface area contributed by atoms with Crippen LogP contribution in [0.4, 0.5) is 5.69 Å². The molecule has 0 saturated heterocycles. The number of nitrogens with zero attached hydrogens (tertiary/aromatic N) is 2. The van der Waals surface area contributed by atoms with Crippen LogP contribution in [-0.2, 0) is 6.54 Å². The van der Waals surface area contributed by atoms with Gasteiger partial charge < -0.3 is 15.8 Å². The summed E-state index contributed by atoms with van der Waals surface area (Å²) in [6.45, 7) is 0.408. The predicted octanol–water partition coefficient (Wildman–Crippen LogP) is 2.82. The van der Waals surface area contributed by atoms with Gasteiger partial charge in [-0.3, -0.25) is 9.20 Å². The molecule has 3 aromatic rings. The van der Waals surface area contributed by atoms with Gasteiger partial charge in [0, 0.05) is 12.7 Å². The second kappa shape index (κ2) is 6.39. The number of pyridine rings is 1. The Kier molecular flexibility index (Phi) is 4.31. The molecule has 0 aliphatic heterocycles. The summed E-state index contributed by atoms with van der Waals surface area (Å²) < 4.78 is 7.92. The number of carbonyl (C=O) groups excluding carboxylic acids is 1. The third-order valence-corrected chi connectivity index (χ3v) is 4.07. The minimum atomic E-state index is -0.306. The summed E-state index contributed by atoms with van der Waals surface area (Å²) in [6, 6.07) is 11.0. The third-order valence-electron chi connectivity index (χ3n) is 3.42. The van der Waals surface area contributed by atoms with Crippen molar-refractivity contribution in [3.63, 3.8) is 0 Å². The molecule has 2 heterocycles. The van der Waals surface area contributed by atoms with Crippen LogP contribution in [0.1, 0.15) is 16.1 Å². The number of aromatic nitrogens is 2. The summed E-state index contributed by atoms with van der Waals surface area (Å²) in [4.78, 5) is 16.8. The van der Waals surface area contributed by atoms with E-state index >= 15 is 0 Å². The average molecular weight is 375 g/mol. The Balaban J connectivity index is 1.90. The largest absolute Gasteiger partial charge is 0.495 e. The number of ether oxygens (including phenoxy) is 1. The number of amides is 1. The maximum absolute atomic E-state index is 12.4. The second-order valence-electron chi connectivity index (χ2n) is 4.90. The Hall–Kier alpha value is -2.38. The van der Waals surface area contributed by atoms with E-state index in [-0.39, 0.29) is 5.91 Å². The second-order valence-corrected chi connectivity index (χ2v) is 5.71. The number of benzene rings is 1. The lowest BCUT2D eigenvalue weighted by atomic mass is 10.2. The number of nitrogens with one attached hydrogen (secondary N) is 1. The van der Waals surface area contributed by atoms with Crippen molar-refractivity contribution in [3.8, 4) is 5.75 Å². The zero-order valence-corrected chi connectivity index (χ0v) is 14.0. The lowest BCUT2D eigenvalue weighted by Crippen LogP contribution is -2.13. The van der Waals surface area contributed by atoms with Gasteiger partial charge >= 0.3 is 0 Å². The fourth-order valence-corrected chi connectivity index (χ4v) is 2.68. The number of imidazole rings is 1. The molecule has 0 atom stereocenters. The van der Waals surface area contributed by atoms with E-state index in [1.807, 2.05) is 24.3 Å². The van der Waals surface area contributed by atoms with E-state index in [9.17, 15) is 4.79 Å². The number of halogens is 1. The fraction of sp³-hybridized carbons (Fsp3) is 0.125. The molecule has 0 saturated carbocycles. The number of fused-ring (bicyclic) bond motifs is 1. The van der Waals surface area contributed by atoms with Crippen LogP contribution in [0, 0.1) is 0 Å². The normalized spacial score (nSPS) is 10.7. The lowest BCUT2D eigenvalue weighted by Gasteiger charge is -2.10. The first-order valence-corrected chi connectivity index (χ1v) is 7.73. The maximum atomic E-state index is 12.4. The van der Waals surface area contributed by atoms with Gasteiger partial charge in [0.25, 0.3) is 5.91 Å². The molecule has 6 nitrogen and oxygen atoms in total. The van der Waals surface area contributed by atoms with Crippen molar-refractivity contribution < 1.29 is 9.53 Å². The van der Waals surface area contributed by atoms with E-state index < -0.39 is 0 Å². The number of rotatable bonds is 4. The van der Waals surface area contributed by atoms with Crippen LogP contribution in [0.3, 0.4) is 0 Å². The Morgan fingerprint density at radius 3 is 2.91 bits per heavy atom. The number of carbonyl (C=O) groups is 1. The molecule has 1 amide bonds. The molecule has 0 bridgehead atoms. The van der Waals surface area contributed by atoms with Crippen molar-refractivity contribution in [1.82, 2.24) is 9.38 Å². The van der Waals surface area contributed by atoms with E-state index in [0.29, 0.717) is 29.3 Å². The summed E-state index contributed by atoms with van der Waals surface area (Å²) >= 11 is 3.42. The highest BCUT2D eigenvalue weighted by Crippen LogP contribution is 2.26. The van der Waals surface area contributed by atoms with Gasteiger partial charge in [-0.15, -0.1) is 0 Å². The van der Waals surface area contributed by atoms with E-state index in [2.05, 4.69) is 26.2 Å². The van der Waals surface area contributed by atoms with E-state index in [0.717, 1.165) is 10.2 Å². The summed E-state index contributed by atoms with van der Waals surface area (Å²) in [5, 5.41) is 2.81. The van der Waals surface area contributed by atoms with Gasteiger partial charge in [0.1, 0.15) is 17.1 Å². The van der Waals surface area contributed by atoms with E-state index in [4.69, 9.17) is 10.5 Å². The first-order chi connectivity index (χ1) is 11.1. The molecule has 0 radical (unpaired) electrons. The zero-order valence-electron chi connectivity index (χ0n) is 12.4. The molecular weight excluding hydrogens is 360 g/mol. The molecule has 118 valence electrons. The maximum Gasteiger partial charge on any atom is 0.275 e. The molecule has 3 N–H and O–H groups in total. The number of hydrogen-bond acceptors (Lipinski definition) is 4. The molecule has 0 unspecified atom stereocenters. The number of methoxy groups -OCH3 is 1. The summed E-state index contributed by atoms with van der Waals surface area (Å²) in [5.74, 6) is 0.255. The van der Waals surface area contributed by atoms with E-state index in [1.165, 1.54) is 0 Å². The molecule has 2 aromatic heterocycles. The topological polar surface area (TPSA) is 81.6 Å². The smallest absolute Gasteiger partial charge is 0.275 e. The molecular formula is C16H15BrN4O2. The quantitative estimate of drug-likeness (QED) is 0.687. The fourth-order valence-electron chi connectivity index (χ4n) is 2.24. The van der Waals surface area contributed by atoms with Gasteiger partial charge in [-0.05, 0) is 45.8 Å². The molecule has 23 heavy (non-hydrogen) atoms. The minimum Gasteiger partial charge on any atom is -0.495 e. The minimum absolute atomic E-state index is 0.306. The van der Waals surface area contributed by atoms with Crippen LogP contribution >= 0.6 is 15.9 Å². The molecule has 0 aliphatic rings. The van der Waals surface area contributed by atoms with Gasteiger partial charge in [0.05, 0.1) is 17.4 Å². The standard InChI is InChI=1S/C16H15BrN4O2/c1-23-13-7-10(8-18)5-6-11(13)20-16(22)12-9-21-14(17)3-2-4-15(21)19-12/h2-7,9H,8,18H2,1H3,(H,20,22). The van der Waals surface area contributed by atoms with Crippen LogP contribution in [0.25, 0.3) is 5.65 Å². The van der Waals surface area contributed by atoms with Gasteiger partial charge in [0.15, 0.2) is 0 Å². The SMILES string of the molecule is COc1cc(CN)ccc1NC(=O)c1cn2c(Br)cccc2n1. The van der Waals surface area contributed by atoms with Gasteiger partial charge in [-0.25, -0.2) is 4.98 Å². The monoisotopic (exact) mass is 374 g/mol. The lowest BCUT2D eigenvalue weighted by molar-refractivity contribution is 0.102. The number of hydrogen-bond donors (Lipinski definition) is 2. The van der Waals surface area contributed by atoms with Gasteiger partial charge in [-0.1, -0.05) is 12.1 Å². The first-order valence-electron chi connectivity index (χ1n) is 6.94. The van der Waals surface area contributed by atoms with Crippen LogP contribution in [0.15, 0.2) is 47.2 Å². The highest BCUT2D eigenvalue weighted by atomic mass is 79.9.